The molecule has 0 radical (unpaired) electrons. The average Bonchev–Trinajstić information content (AvgIpc) is 0.905. The van der Waals surface area contributed by atoms with Crippen molar-refractivity contribution in [2.45, 2.75) is 461 Å². The van der Waals surface area contributed by atoms with Gasteiger partial charge in [-0.2, -0.15) is 0 Å². The highest BCUT2D eigenvalue weighted by Gasteiger charge is 2.44. The molecule has 0 saturated carbocycles. The van der Waals surface area contributed by atoms with Crippen LogP contribution in [-0.2, 0) is 23.8 Å². The Hall–Kier alpha value is -2.12. The van der Waals surface area contributed by atoms with Gasteiger partial charge in [0.15, 0.2) is 6.29 Å². The summed E-state index contributed by atoms with van der Waals surface area (Å²) in [6.45, 7) is 4.36. The van der Waals surface area contributed by atoms with E-state index in [1.807, 2.05) is 6.08 Å². The molecule has 0 spiro atoms. The molecule has 0 aromatic rings. The zero-order valence-electron chi connectivity index (χ0n) is 62.0. The molecular formula is C83H157NO10. The standard InChI is InChI=1S/C83H157NO10/c1-3-5-7-9-11-13-15-16-17-44-47-51-55-59-63-67-71-79(88)92-72-68-64-60-56-52-48-45-42-40-38-36-34-32-30-28-26-24-22-20-18-19-21-23-25-27-29-31-33-35-37-39-41-43-46-50-54-58-62-66-70-78(87)84-75(74-93-83-82(91)81(90)80(89)77(73-85)94-83)76(86)69-65-61-57-53-49-14-12-10-8-6-4-2/h13,15,17,44,65,69,75-77,80-83,85-86,89-91H,3-12,14,16,18-43,45-64,66-68,70-74H2,1-2H3,(H,84,87)/b15-13-,44-17-,69-65+. The number of ether oxygens (including phenoxy) is 3. The number of carbonyl (C=O) groups excluding carboxylic acids is 2. The monoisotopic (exact) mass is 1330 g/mol. The van der Waals surface area contributed by atoms with Gasteiger partial charge in [0.25, 0.3) is 0 Å². The van der Waals surface area contributed by atoms with Gasteiger partial charge in [0.05, 0.1) is 32.0 Å². The molecule has 0 aromatic carbocycles. The Morgan fingerprint density at radius 1 is 0.394 bits per heavy atom. The van der Waals surface area contributed by atoms with Crippen molar-refractivity contribution in [1.29, 1.82) is 0 Å². The lowest BCUT2D eigenvalue weighted by Gasteiger charge is -2.40. The van der Waals surface area contributed by atoms with Crippen LogP contribution in [0.15, 0.2) is 36.5 Å². The van der Waals surface area contributed by atoms with E-state index in [9.17, 15) is 35.1 Å². The van der Waals surface area contributed by atoms with Gasteiger partial charge >= 0.3 is 5.97 Å². The smallest absolute Gasteiger partial charge is 0.305 e. The maximum atomic E-state index is 13.1. The zero-order chi connectivity index (χ0) is 67.9. The van der Waals surface area contributed by atoms with E-state index in [0.717, 1.165) is 64.2 Å². The number of aliphatic hydroxyl groups is 5. The molecule has 94 heavy (non-hydrogen) atoms. The number of aliphatic hydroxyl groups excluding tert-OH is 5. The molecule has 11 nitrogen and oxygen atoms in total. The van der Waals surface area contributed by atoms with Crippen molar-refractivity contribution in [3.63, 3.8) is 0 Å². The number of unbranched alkanes of at least 4 members (excludes halogenated alkanes) is 56. The van der Waals surface area contributed by atoms with E-state index in [0.29, 0.717) is 19.4 Å². The third-order valence-corrected chi connectivity index (χ3v) is 19.7. The van der Waals surface area contributed by atoms with Gasteiger partial charge in [0, 0.05) is 12.8 Å². The van der Waals surface area contributed by atoms with Gasteiger partial charge in [-0.05, 0) is 64.2 Å². The zero-order valence-corrected chi connectivity index (χ0v) is 62.0. The van der Waals surface area contributed by atoms with Crippen LogP contribution in [0.1, 0.15) is 418 Å². The summed E-state index contributed by atoms with van der Waals surface area (Å²) in [6, 6.07) is -0.804. The molecule has 1 aliphatic heterocycles. The first kappa shape index (κ1) is 89.9. The Morgan fingerprint density at radius 3 is 1.09 bits per heavy atom. The van der Waals surface area contributed by atoms with Crippen molar-refractivity contribution in [2.75, 3.05) is 19.8 Å². The second-order valence-corrected chi connectivity index (χ2v) is 28.8. The summed E-state index contributed by atoms with van der Waals surface area (Å²) in [7, 11) is 0. The molecule has 7 atom stereocenters. The Kier molecular flexibility index (Phi) is 69.0. The van der Waals surface area contributed by atoms with Crippen LogP contribution in [0.2, 0.25) is 0 Å². The number of amides is 1. The fourth-order valence-corrected chi connectivity index (χ4v) is 13.3. The Morgan fingerprint density at radius 2 is 0.713 bits per heavy atom. The van der Waals surface area contributed by atoms with Crippen molar-refractivity contribution < 1.29 is 49.3 Å². The Balaban J connectivity index is 1.84. The predicted molar refractivity (Wildman–Crippen MR) is 398 cm³/mol. The quantitative estimate of drug-likeness (QED) is 0.0195. The van der Waals surface area contributed by atoms with E-state index < -0.39 is 49.5 Å². The summed E-state index contributed by atoms with van der Waals surface area (Å²) < 4.78 is 16.8. The first-order valence-corrected chi connectivity index (χ1v) is 41.3. The van der Waals surface area contributed by atoms with Gasteiger partial charge in [-0.3, -0.25) is 9.59 Å². The Bertz CT molecular complexity index is 1660. The lowest BCUT2D eigenvalue weighted by Crippen LogP contribution is -2.60. The van der Waals surface area contributed by atoms with Crippen molar-refractivity contribution in [3.8, 4) is 0 Å². The van der Waals surface area contributed by atoms with Gasteiger partial charge in [-0.1, -0.05) is 378 Å². The summed E-state index contributed by atoms with van der Waals surface area (Å²) in [5.74, 6) is -0.169. The topological polar surface area (TPSA) is 175 Å². The Labute approximate surface area is 581 Å². The second-order valence-electron chi connectivity index (χ2n) is 28.8. The number of hydrogen-bond acceptors (Lipinski definition) is 10. The first-order chi connectivity index (χ1) is 46.2. The lowest BCUT2D eigenvalue weighted by molar-refractivity contribution is -0.302. The number of esters is 1. The van der Waals surface area contributed by atoms with Crippen LogP contribution in [0.3, 0.4) is 0 Å². The molecule has 1 heterocycles. The number of hydrogen-bond donors (Lipinski definition) is 6. The normalized spacial score (nSPS) is 17.5. The summed E-state index contributed by atoms with van der Waals surface area (Å²) in [6.07, 6.45) is 84.9. The van der Waals surface area contributed by atoms with Gasteiger partial charge in [0.2, 0.25) is 5.91 Å². The second kappa shape index (κ2) is 72.1. The molecule has 11 heteroatoms. The molecule has 6 N–H and O–H groups in total. The highest BCUT2D eigenvalue weighted by molar-refractivity contribution is 5.76. The minimum Gasteiger partial charge on any atom is -0.466 e. The highest BCUT2D eigenvalue weighted by atomic mass is 16.7. The van der Waals surface area contributed by atoms with E-state index in [4.69, 9.17) is 14.2 Å². The maximum absolute atomic E-state index is 13.1. The number of nitrogens with one attached hydrogen (secondary N) is 1. The molecule has 0 aromatic heterocycles. The number of allylic oxidation sites excluding steroid dienone is 5. The fraction of sp³-hybridized carbons (Fsp3) is 0.904. The molecule has 1 rings (SSSR count). The predicted octanol–water partition coefficient (Wildman–Crippen LogP) is 22.5. The van der Waals surface area contributed by atoms with Crippen LogP contribution in [0.5, 0.6) is 0 Å². The summed E-state index contributed by atoms with van der Waals surface area (Å²) in [5, 5.41) is 54.5. The van der Waals surface area contributed by atoms with Gasteiger partial charge in [-0.15, -0.1) is 0 Å². The maximum Gasteiger partial charge on any atom is 0.305 e. The van der Waals surface area contributed by atoms with Crippen molar-refractivity contribution in [3.05, 3.63) is 36.5 Å². The molecule has 1 amide bonds. The van der Waals surface area contributed by atoms with Crippen LogP contribution in [0.4, 0.5) is 0 Å². The molecule has 1 saturated heterocycles. The van der Waals surface area contributed by atoms with Crippen molar-refractivity contribution >= 4 is 11.9 Å². The lowest BCUT2D eigenvalue weighted by atomic mass is 9.99. The van der Waals surface area contributed by atoms with Gasteiger partial charge in [-0.25, -0.2) is 0 Å². The van der Waals surface area contributed by atoms with E-state index in [1.165, 1.54) is 327 Å². The van der Waals surface area contributed by atoms with Gasteiger partial charge in [0.1, 0.15) is 24.4 Å². The van der Waals surface area contributed by atoms with Crippen LogP contribution in [0, 0.1) is 0 Å². The summed E-state index contributed by atoms with van der Waals surface area (Å²) in [4.78, 5) is 25.2. The largest absolute Gasteiger partial charge is 0.466 e. The SMILES string of the molecule is CCCCCC/C=C\C/C=C\CCCCCCCC(=O)OCCCCCCCCCCCCCCCCCCCCCCCCCCCCCCCCCCCCCCCCCC(=O)NC(COC1OC(CO)C(O)C(O)C1O)C(O)/C=C/CCCCCCCCCCC. The third-order valence-electron chi connectivity index (χ3n) is 19.7. The van der Waals surface area contributed by atoms with Crippen LogP contribution >= 0.6 is 0 Å². The third kappa shape index (κ3) is 59.9. The molecular weight excluding hydrogens is 1170 g/mol. The van der Waals surface area contributed by atoms with Gasteiger partial charge < -0.3 is 45.1 Å². The molecule has 0 aliphatic carbocycles. The molecule has 0 bridgehead atoms. The van der Waals surface area contributed by atoms with Crippen LogP contribution in [0.25, 0.3) is 0 Å². The number of rotatable bonds is 74. The minimum atomic E-state index is -1.57. The van der Waals surface area contributed by atoms with Crippen molar-refractivity contribution in [1.82, 2.24) is 5.32 Å². The molecule has 554 valence electrons. The van der Waals surface area contributed by atoms with Crippen molar-refractivity contribution in [2.24, 2.45) is 0 Å². The molecule has 7 unspecified atom stereocenters. The van der Waals surface area contributed by atoms with E-state index in [1.54, 1.807) is 6.08 Å². The highest BCUT2D eigenvalue weighted by Crippen LogP contribution is 2.24. The van der Waals surface area contributed by atoms with E-state index >= 15 is 0 Å². The minimum absolute atomic E-state index is 0.00542. The average molecular weight is 1330 g/mol. The van der Waals surface area contributed by atoms with Crippen LogP contribution < -0.4 is 5.32 Å². The van der Waals surface area contributed by atoms with Crippen LogP contribution in [-0.4, -0.2) is 100 Å². The molecule has 1 fully saturated rings. The summed E-state index contributed by atoms with van der Waals surface area (Å²) in [5.41, 5.74) is 0. The number of carbonyl (C=O) groups is 2. The fourth-order valence-electron chi connectivity index (χ4n) is 13.3. The van der Waals surface area contributed by atoms with E-state index in [-0.39, 0.29) is 18.5 Å². The van der Waals surface area contributed by atoms with E-state index in [2.05, 4.69) is 43.5 Å². The first-order valence-electron chi connectivity index (χ1n) is 41.3. The summed E-state index contributed by atoms with van der Waals surface area (Å²) >= 11 is 0. The molecule has 1 aliphatic rings.